The fourth-order valence-electron chi connectivity index (χ4n) is 4.09. The molecule has 1 fully saturated rings. The van der Waals surface area contributed by atoms with Crippen LogP contribution in [0.4, 0.5) is 5.69 Å². The van der Waals surface area contributed by atoms with Gasteiger partial charge in [-0.2, -0.15) is 0 Å². The highest BCUT2D eigenvalue weighted by Gasteiger charge is 2.25. The van der Waals surface area contributed by atoms with Crippen molar-refractivity contribution in [2.75, 3.05) is 24.1 Å². The predicted octanol–water partition coefficient (Wildman–Crippen LogP) is 3.80. The zero-order valence-corrected chi connectivity index (χ0v) is 20.4. The van der Waals surface area contributed by atoms with Crippen LogP contribution in [-0.2, 0) is 21.4 Å². The first-order chi connectivity index (χ1) is 15.7. The topological polar surface area (TPSA) is 95.6 Å². The van der Waals surface area contributed by atoms with Crippen LogP contribution in [0.2, 0.25) is 0 Å². The van der Waals surface area contributed by atoms with E-state index >= 15 is 0 Å². The monoisotopic (exact) mass is 471 g/mol. The molecule has 0 bridgehead atoms. The molecule has 1 aliphatic rings. The summed E-state index contributed by atoms with van der Waals surface area (Å²) in [4.78, 5) is 26.5. The predicted molar refractivity (Wildman–Crippen MR) is 131 cm³/mol. The van der Waals surface area contributed by atoms with Crippen molar-refractivity contribution < 1.29 is 18.0 Å². The first kappa shape index (κ1) is 24.8. The van der Waals surface area contributed by atoms with Gasteiger partial charge in [0.25, 0.3) is 5.91 Å². The van der Waals surface area contributed by atoms with E-state index in [9.17, 15) is 18.0 Å². The van der Waals surface area contributed by atoms with Crippen LogP contribution in [0.15, 0.2) is 42.5 Å². The third kappa shape index (κ3) is 7.05. The lowest BCUT2D eigenvalue weighted by atomic mass is 9.88. The molecular formula is C25H33N3O4S. The number of aryl methyl sites for hydroxylation is 1. The summed E-state index contributed by atoms with van der Waals surface area (Å²) in [6, 6.07) is 13.5. The van der Waals surface area contributed by atoms with Crippen molar-refractivity contribution in [1.29, 1.82) is 0 Å². The second-order valence-corrected chi connectivity index (χ2v) is 10.5. The first-order valence-electron chi connectivity index (χ1n) is 11.4. The number of carbonyl (C=O) groups is 2. The average Bonchev–Trinajstić information content (AvgIpc) is 2.78. The summed E-state index contributed by atoms with van der Waals surface area (Å²) in [5, 5.41) is 2.93. The number of hydrogen-bond donors (Lipinski definition) is 2. The van der Waals surface area contributed by atoms with Gasteiger partial charge in [0.05, 0.1) is 11.9 Å². The zero-order valence-electron chi connectivity index (χ0n) is 19.6. The summed E-state index contributed by atoms with van der Waals surface area (Å²) in [7, 11) is -3.41. The van der Waals surface area contributed by atoms with Crippen LogP contribution in [0.3, 0.4) is 0 Å². The average molecular weight is 472 g/mol. The van der Waals surface area contributed by atoms with Crippen LogP contribution in [0, 0.1) is 6.92 Å². The molecule has 0 atom stereocenters. The van der Waals surface area contributed by atoms with Crippen molar-refractivity contribution >= 4 is 27.5 Å². The van der Waals surface area contributed by atoms with Crippen molar-refractivity contribution in [2.45, 2.75) is 52.0 Å². The third-order valence-corrected chi connectivity index (χ3v) is 6.57. The molecule has 7 nitrogen and oxygen atoms in total. The Morgan fingerprint density at radius 3 is 2.33 bits per heavy atom. The van der Waals surface area contributed by atoms with Crippen LogP contribution >= 0.6 is 0 Å². The lowest BCUT2D eigenvalue weighted by molar-refractivity contribution is -0.121. The number of carbonyl (C=O) groups excluding carboxylic acids is 2. The Morgan fingerprint density at radius 2 is 1.73 bits per heavy atom. The molecule has 0 radical (unpaired) electrons. The summed E-state index contributed by atoms with van der Waals surface area (Å²) in [5.41, 5.74) is 4.02. The van der Waals surface area contributed by atoms with E-state index in [-0.39, 0.29) is 11.8 Å². The summed E-state index contributed by atoms with van der Waals surface area (Å²) < 4.78 is 25.7. The van der Waals surface area contributed by atoms with Crippen LogP contribution < -0.4 is 10.0 Å². The molecule has 0 aromatic heterocycles. The standard InChI is InChI=1S/C25H33N3O4S/c1-4-5-24(29)26-17-19-7-10-20(11-8-19)21-12-14-28(15-13-21)25(30)22-9-6-18(2)23(16-22)27-33(3,31)32/h6-11,16,21,27H,4-5,12-15,17H2,1-3H3,(H,26,29). The quantitative estimate of drug-likeness (QED) is 0.612. The Bertz CT molecular complexity index is 1090. The Balaban J connectivity index is 1.57. The fourth-order valence-corrected chi connectivity index (χ4v) is 4.71. The number of nitrogens with one attached hydrogen (secondary N) is 2. The minimum atomic E-state index is -3.41. The van der Waals surface area contributed by atoms with E-state index in [0.717, 1.165) is 36.6 Å². The van der Waals surface area contributed by atoms with Crippen LogP contribution in [0.5, 0.6) is 0 Å². The Labute approximate surface area is 196 Å². The van der Waals surface area contributed by atoms with Crippen LogP contribution in [0.25, 0.3) is 0 Å². The van der Waals surface area contributed by atoms with Crippen molar-refractivity contribution in [3.63, 3.8) is 0 Å². The van der Waals surface area contributed by atoms with Gasteiger partial charge in [-0.25, -0.2) is 8.42 Å². The molecular weight excluding hydrogens is 438 g/mol. The van der Waals surface area contributed by atoms with Gasteiger partial charge in [-0.05, 0) is 60.9 Å². The smallest absolute Gasteiger partial charge is 0.253 e. The van der Waals surface area contributed by atoms with E-state index in [1.54, 1.807) is 25.1 Å². The Hall–Kier alpha value is -2.87. The van der Waals surface area contributed by atoms with E-state index in [0.29, 0.717) is 43.2 Å². The zero-order chi connectivity index (χ0) is 24.0. The van der Waals surface area contributed by atoms with E-state index < -0.39 is 10.0 Å². The van der Waals surface area contributed by atoms with Crippen LogP contribution in [-0.4, -0.2) is 44.5 Å². The number of benzene rings is 2. The molecule has 1 aliphatic heterocycles. The minimum absolute atomic E-state index is 0.0754. The molecule has 8 heteroatoms. The van der Waals surface area contributed by atoms with Crippen molar-refractivity contribution in [1.82, 2.24) is 10.2 Å². The molecule has 2 aromatic carbocycles. The van der Waals surface area contributed by atoms with Gasteiger partial charge in [0.15, 0.2) is 0 Å². The maximum Gasteiger partial charge on any atom is 0.253 e. The minimum Gasteiger partial charge on any atom is -0.352 e. The van der Waals surface area contributed by atoms with Crippen molar-refractivity contribution in [2.24, 2.45) is 0 Å². The summed E-state index contributed by atoms with van der Waals surface area (Å²) >= 11 is 0. The largest absolute Gasteiger partial charge is 0.352 e. The number of rotatable bonds is 8. The SMILES string of the molecule is CCCC(=O)NCc1ccc(C2CCN(C(=O)c3ccc(C)c(NS(C)(=O)=O)c3)CC2)cc1. The second-order valence-electron chi connectivity index (χ2n) is 8.74. The number of amides is 2. The van der Waals surface area contributed by atoms with E-state index in [4.69, 9.17) is 0 Å². The molecule has 33 heavy (non-hydrogen) atoms. The molecule has 2 N–H and O–H groups in total. The highest BCUT2D eigenvalue weighted by molar-refractivity contribution is 7.92. The van der Waals surface area contributed by atoms with Gasteiger partial charge in [0.1, 0.15) is 0 Å². The number of nitrogens with zero attached hydrogens (tertiary/aromatic N) is 1. The molecule has 0 unspecified atom stereocenters. The lowest BCUT2D eigenvalue weighted by Crippen LogP contribution is -2.38. The summed E-state index contributed by atoms with van der Waals surface area (Å²) in [6.07, 6.45) is 4.24. The number of likely N-dealkylation sites (tertiary alicyclic amines) is 1. The van der Waals surface area contributed by atoms with Gasteiger partial charge in [-0.15, -0.1) is 0 Å². The Kier molecular flexibility index (Phi) is 8.13. The number of piperidine rings is 1. The van der Waals surface area contributed by atoms with E-state index in [1.165, 1.54) is 5.56 Å². The molecule has 3 rings (SSSR count). The van der Waals surface area contributed by atoms with E-state index in [2.05, 4.69) is 34.3 Å². The van der Waals surface area contributed by atoms with Gasteiger partial charge >= 0.3 is 0 Å². The third-order valence-electron chi connectivity index (χ3n) is 5.98. The Morgan fingerprint density at radius 1 is 1.06 bits per heavy atom. The maximum atomic E-state index is 13.0. The normalized spacial score (nSPS) is 14.7. The highest BCUT2D eigenvalue weighted by Crippen LogP contribution is 2.29. The van der Waals surface area contributed by atoms with Gasteiger partial charge in [-0.1, -0.05) is 37.3 Å². The van der Waals surface area contributed by atoms with E-state index in [1.807, 2.05) is 11.8 Å². The number of hydrogen-bond acceptors (Lipinski definition) is 4. The fraction of sp³-hybridized carbons (Fsp3) is 0.440. The molecule has 2 aromatic rings. The van der Waals surface area contributed by atoms with Crippen LogP contribution in [0.1, 0.15) is 65.6 Å². The molecule has 0 spiro atoms. The highest BCUT2D eigenvalue weighted by atomic mass is 32.2. The lowest BCUT2D eigenvalue weighted by Gasteiger charge is -2.32. The first-order valence-corrected chi connectivity index (χ1v) is 13.3. The molecule has 0 aliphatic carbocycles. The summed E-state index contributed by atoms with van der Waals surface area (Å²) in [6.45, 7) is 5.64. The van der Waals surface area contributed by atoms with Crippen molar-refractivity contribution in [3.8, 4) is 0 Å². The van der Waals surface area contributed by atoms with Crippen molar-refractivity contribution in [3.05, 3.63) is 64.7 Å². The molecule has 0 saturated carbocycles. The van der Waals surface area contributed by atoms with Gasteiger partial charge in [0, 0.05) is 31.6 Å². The van der Waals surface area contributed by atoms with Gasteiger partial charge in [0.2, 0.25) is 15.9 Å². The molecule has 1 saturated heterocycles. The molecule has 2 amide bonds. The molecule has 1 heterocycles. The number of sulfonamides is 1. The second kappa shape index (κ2) is 10.8. The number of anilines is 1. The van der Waals surface area contributed by atoms with Gasteiger partial charge < -0.3 is 10.2 Å². The maximum absolute atomic E-state index is 13.0. The molecule has 178 valence electrons. The van der Waals surface area contributed by atoms with Gasteiger partial charge in [-0.3, -0.25) is 14.3 Å². The summed E-state index contributed by atoms with van der Waals surface area (Å²) in [5.74, 6) is 0.382.